The Morgan fingerprint density at radius 3 is 3.25 bits per heavy atom. The van der Waals surface area contributed by atoms with E-state index in [9.17, 15) is 0 Å². The number of morpholine rings is 1. The summed E-state index contributed by atoms with van der Waals surface area (Å²) in [5.74, 6) is 0. The van der Waals surface area contributed by atoms with E-state index in [0.717, 1.165) is 32.8 Å². The van der Waals surface area contributed by atoms with E-state index in [1.807, 2.05) is 6.08 Å². The fourth-order valence-corrected chi connectivity index (χ4v) is 1.34. The van der Waals surface area contributed by atoms with Gasteiger partial charge in [-0.2, -0.15) is 0 Å². The molecule has 0 amide bonds. The van der Waals surface area contributed by atoms with Crippen LogP contribution in [0.15, 0.2) is 12.7 Å². The Bertz CT molecular complexity index is 138. The molecule has 1 heterocycles. The Morgan fingerprint density at radius 2 is 2.58 bits per heavy atom. The highest BCUT2D eigenvalue weighted by molar-refractivity contribution is 4.75. The maximum Gasteiger partial charge on any atom is 0.0826 e. The molecule has 1 saturated heterocycles. The van der Waals surface area contributed by atoms with Crippen molar-refractivity contribution in [3.8, 4) is 0 Å². The van der Waals surface area contributed by atoms with Gasteiger partial charge in [-0.05, 0) is 7.05 Å². The fraction of sp³-hybridized carbons (Fsp3) is 0.778. The van der Waals surface area contributed by atoms with Gasteiger partial charge in [0.15, 0.2) is 0 Å². The molecule has 1 N–H and O–H groups in total. The smallest absolute Gasteiger partial charge is 0.0826 e. The van der Waals surface area contributed by atoms with E-state index >= 15 is 0 Å². The minimum atomic E-state index is 0.351. The average molecular weight is 170 g/mol. The fourth-order valence-electron chi connectivity index (χ4n) is 1.34. The highest BCUT2D eigenvalue weighted by Crippen LogP contribution is 2.00. The number of likely N-dealkylation sites (N-methyl/N-ethyl adjacent to an activating group) is 1. The summed E-state index contributed by atoms with van der Waals surface area (Å²) in [5, 5.41) is 3.26. The number of hydrogen-bond donors (Lipinski definition) is 1. The Kier molecular flexibility index (Phi) is 4.29. The molecule has 0 aliphatic carbocycles. The molecule has 0 aromatic carbocycles. The quantitative estimate of drug-likeness (QED) is 0.478. The maximum absolute atomic E-state index is 5.56. The molecular weight excluding hydrogens is 152 g/mol. The lowest BCUT2D eigenvalue weighted by atomic mass is 10.3. The molecule has 3 heteroatoms. The van der Waals surface area contributed by atoms with Crippen LogP contribution in [-0.2, 0) is 4.74 Å². The van der Waals surface area contributed by atoms with Crippen molar-refractivity contribution in [3.63, 3.8) is 0 Å². The zero-order valence-corrected chi connectivity index (χ0v) is 7.75. The number of nitrogens with one attached hydrogen (secondary N) is 1. The number of nitrogens with zero attached hydrogens (tertiary/aromatic N) is 1. The van der Waals surface area contributed by atoms with Gasteiger partial charge in [-0.15, -0.1) is 6.58 Å². The zero-order valence-electron chi connectivity index (χ0n) is 7.75. The third-order valence-electron chi connectivity index (χ3n) is 2.00. The largest absolute Gasteiger partial charge is 0.374 e. The highest BCUT2D eigenvalue weighted by Gasteiger charge is 2.16. The Balaban J connectivity index is 2.09. The first-order chi connectivity index (χ1) is 5.83. The van der Waals surface area contributed by atoms with Gasteiger partial charge in [0.1, 0.15) is 0 Å². The van der Waals surface area contributed by atoms with Crippen LogP contribution in [0.25, 0.3) is 0 Å². The molecule has 3 nitrogen and oxygen atoms in total. The molecule has 70 valence electrons. The van der Waals surface area contributed by atoms with E-state index in [4.69, 9.17) is 4.74 Å². The van der Waals surface area contributed by atoms with Gasteiger partial charge in [0.2, 0.25) is 0 Å². The molecule has 1 rings (SSSR count). The standard InChI is InChI=1S/C9H18N2O/c1-3-4-10-7-9-8-11(2)5-6-12-9/h3,9-10H,1,4-8H2,2H3. The summed E-state index contributed by atoms with van der Waals surface area (Å²) in [6, 6.07) is 0. The molecule has 12 heavy (non-hydrogen) atoms. The van der Waals surface area contributed by atoms with E-state index in [1.54, 1.807) is 0 Å². The molecule has 0 aromatic rings. The van der Waals surface area contributed by atoms with Crippen molar-refractivity contribution in [3.05, 3.63) is 12.7 Å². The molecule has 1 aliphatic heterocycles. The number of hydrogen-bond acceptors (Lipinski definition) is 3. The summed E-state index contributed by atoms with van der Waals surface area (Å²) in [5.41, 5.74) is 0. The Morgan fingerprint density at radius 1 is 1.75 bits per heavy atom. The van der Waals surface area contributed by atoms with E-state index in [1.165, 1.54) is 0 Å². The van der Waals surface area contributed by atoms with Crippen LogP contribution in [0.1, 0.15) is 0 Å². The van der Waals surface area contributed by atoms with Crippen molar-refractivity contribution in [1.29, 1.82) is 0 Å². The minimum Gasteiger partial charge on any atom is -0.374 e. The van der Waals surface area contributed by atoms with Crippen molar-refractivity contribution in [1.82, 2.24) is 10.2 Å². The monoisotopic (exact) mass is 170 g/mol. The van der Waals surface area contributed by atoms with Gasteiger partial charge >= 0.3 is 0 Å². The normalized spacial score (nSPS) is 25.6. The van der Waals surface area contributed by atoms with Gasteiger partial charge in [0.05, 0.1) is 12.7 Å². The van der Waals surface area contributed by atoms with Gasteiger partial charge in [-0.1, -0.05) is 6.08 Å². The summed E-state index contributed by atoms with van der Waals surface area (Å²) in [6.45, 7) is 8.38. The van der Waals surface area contributed by atoms with Crippen LogP contribution in [0.2, 0.25) is 0 Å². The van der Waals surface area contributed by atoms with Crippen LogP contribution in [0, 0.1) is 0 Å². The highest BCUT2D eigenvalue weighted by atomic mass is 16.5. The summed E-state index contributed by atoms with van der Waals surface area (Å²) in [4.78, 5) is 2.30. The van der Waals surface area contributed by atoms with Crippen LogP contribution in [-0.4, -0.2) is 50.8 Å². The lowest BCUT2D eigenvalue weighted by Gasteiger charge is -2.30. The predicted molar refractivity (Wildman–Crippen MR) is 50.3 cm³/mol. The molecule has 1 fully saturated rings. The zero-order chi connectivity index (χ0) is 8.81. The lowest BCUT2D eigenvalue weighted by molar-refractivity contribution is -0.0176. The molecule has 1 aliphatic rings. The summed E-state index contributed by atoms with van der Waals surface area (Å²) >= 11 is 0. The van der Waals surface area contributed by atoms with Crippen LogP contribution >= 0.6 is 0 Å². The van der Waals surface area contributed by atoms with Crippen molar-refractivity contribution in [2.24, 2.45) is 0 Å². The lowest BCUT2D eigenvalue weighted by Crippen LogP contribution is -2.44. The van der Waals surface area contributed by atoms with Crippen molar-refractivity contribution < 1.29 is 4.74 Å². The van der Waals surface area contributed by atoms with E-state index in [-0.39, 0.29) is 0 Å². The molecule has 0 aromatic heterocycles. The van der Waals surface area contributed by atoms with Gasteiger partial charge in [-0.3, -0.25) is 0 Å². The second-order valence-electron chi connectivity index (χ2n) is 3.20. The van der Waals surface area contributed by atoms with Crippen molar-refractivity contribution in [2.75, 3.05) is 39.8 Å². The van der Waals surface area contributed by atoms with Crippen LogP contribution in [0.4, 0.5) is 0 Å². The Hall–Kier alpha value is -0.380. The van der Waals surface area contributed by atoms with Gasteiger partial charge in [-0.25, -0.2) is 0 Å². The molecule has 0 bridgehead atoms. The second kappa shape index (κ2) is 5.30. The first kappa shape index (κ1) is 9.71. The molecule has 1 unspecified atom stereocenters. The van der Waals surface area contributed by atoms with Gasteiger partial charge in [0, 0.05) is 26.2 Å². The molecule has 0 spiro atoms. The second-order valence-corrected chi connectivity index (χ2v) is 3.20. The van der Waals surface area contributed by atoms with Crippen molar-refractivity contribution >= 4 is 0 Å². The molecular formula is C9H18N2O. The van der Waals surface area contributed by atoms with Crippen LogP contribution < -0.4 is 5.32 Å². The van der Waals surface area contributed by atoms with E-state index < -0.39 is 0 Å². The van der Waals surface area contributed by atoms with Crippen molar-refractivity contribution in [2.45, 2.75) is 6.10 Å². The van der Waals surface area contributed by atoms with E-state index in [0.29, 0.717) is 6.10 Å². The minimum absolute atomic E-state index is 0.351. The first-order valence-electron chi connectivity index (χ1n) is 4.44. The topological polar surface area (TPSA) is 24.5 Å². The van der Waals surface area contributed by atoms with Gasteiger partial charge in [0.25, 0.3) is 0 Å². The summed E-state index contributed by atoms with van der Waals surface area (Å²) in [7, 11) is 2.13. The van der Waals surface area contributed by atoms with Gasteiger partial charge < -0.3 is 15.0 Å². The number of rotatable bonds is 4. The number of ether oxygens (including phenoxy) is 1. The summed E-state index contributed by atoms with van der Waals surface area (Å²) < 4.78 is 5.56. The Labute approximate surface area is 74.4 Å². The average Bonchev–Trinajstić information content (AvgIpc) is 2.05. The third kappa shape index (κ3) is 3.34. The molecule has 1 atom stereocenters. The molecule has 0 saturated carbocycles. The summed E-state index contributed by atoms with van der Waals surface area (Å²) in [6.07, 6.45) is 2.22. The maximum atomic E-state index is 5.56. The first-order valence-corrected chi connectivity index (χ1v) is 4.44. The molecule has 0 radical (unpaired) electrons. The van der Waals surface area contributed by atoms with E-state index in [2.05, 4.69) is 23.8 Å². The van der Waals surface area contributed by atoms with Crippen LogP contribution in [0.3, 0.4) is 0 Å². The SMILES string of the molecule is C=CCNCC1CN(C)CCO1. The predicted octanol–water partition coefficient (Wildman–Crippen LogP) is 0.0926. The third-order valence-corrected chi connectivity index (χ3v) is 2.00. The van der Waals surface area contributed by atoms with Crippen LogP contribution in [0.5, 0.6) is 0 Å².